The molecule has 23 heavy (non-hydrogen) atoms. The van der Waals surface area contributed by atoms with E-state index in [9.17, 15) is 13.2 Å². The van der Waals surface area contributed by atoms with Crippen LogP contribution in [0.3, 0.4) is 0 Å². The van der Waals surface area contributed by atoms with Gasteiger partial charge in [-0.25, -0.2) is 13.1 Å². The first-order valence-electron chi connectivity index (χ1n) is 7.99. The summed E-state index contributed by atoms with van der Waals surface area (Å²) in [6.07, 6.45) is 3.34. The van der Waals surface area contributed by atoms with Crippen LogP contribution < -0.4 is 10.0 Å². The molecule has 2 aliphatic carbocycles. The lowest BCUT2D eigenvalue weighted by Gasteiger charge is -2.39. The molecule has 0 unspecified atom stereocenters. The molecule has 1 aromatic rings. The Kier molecular flexibility index (Phi) is 4.09. The monoisotopic (exact) mass is 356 g/mol. The Morgan fingerprint density at radius 2 is 2.13 bits per heavy atom. The molecular weight excluding hydrogens is 332 g/mol. The molecule has 5 nitrogen and oxygen atoms in total. The highest BCUT2D eigenvalue weighted by molar-refractivity contribution is 7.91. The quantitative estimate of drug-likeness (QED) is 0.850. The van der Waals surface area contributed by atoms with Crippen molar-refractivity contribution in [1.82, 2.24) is 10.0 Å². The molecule has 7 heteroatoms. The van der Waals surface area contributed by atoms with Crippen molar-refractivity contribution in [3.8, 4) is 0 Å². The summed E-state index contributed by atoms with van der Waals surface area (Å²) >= 11 is 1.14. The van der Waals surface area contributed by atoms with E-state index >= 15 is 0 Å². The van der Waals surface area contributed by atoms with Gasteiger partial charge in [0, 0.05) is 6.04 Å². The highest BCUT2D eigenvalue weighted by Crippen LogP contribution is 2.65. The Morgan fingerprint density at radius 3 is 2.65 bits per heavy atom. The van der Waals surface area contributed by atoms with Gasteiger partial charge in [0.05, 0.1) is 6.54 Å². The van der Waals surface area contributed by atoms with Crippen LogP contribution in [0.5, 0.6) is 0 Å². The molecular formula is C16H24N2O3S2. The minimum absolute atomic E-state index is 0.0972. The molecule has 3 rings (SSSR count). The van der Waals surface area contributed by atoms with Crippen molar-refractivity contribution < 1.29 is 13.2 Å². The molecule has 128 valence electrons. The van der Waals surface area contributed by atoms with Gasteiger partial charge < -0.3 is 5.32 Å². The van der Waals surface area contributed by atoms with Crippen LogP contribution in [0.1, 0.15) is 40.0 Å². The Balaban J connectivity index is 1.59. The van der Waals surface area contributed by atoms with Crippen LogP contribution in [0, 0.1) is 16.7 Å². The van der Waals surface area contributed by atoms with E-state index < -0.39 is 10.0 Å². The molecule has 2 bridgehead atoms. The molecule has 2 N–H and O–H groups in total. The summed E-state index contributed by atoms with van der Waals surface area (Å²) in [5.41, 5.74) is 0.321. The molecule has 0 aromatic carbocycles. The number of hydrogen-bond donors (Lipinski definition) is 2. The van der Waals surface area contributed by atoms with Crippen LogP contribution >= 0.6 is 11.3 Å². The molecule has 2 aliphatic rings. The minimum Gasteiger partial charge on any atom is -0.352 e. The first-order valence-corrected chi connectivity index (χ1v) is 10.4. The molecule has 0 spiro atoms. The first-order chi connectivity index (χ1) is 10.7. The van der Waals surface area contributed by atoms with Crippen molar-refractivity contribution in [2.24, 2.45) is 16.7 Å². The van der Waals surface area contributed by atoms with E-state index in [2.05, 4.69) is 30.8 Å². The van der Waals surface area contributed by atoms with Crippen LogP contribution in [0.15, 0.2) is 21.7 Å². The normalized spacial score (nSPS) is 32.1. The van der Waals surface area contributed by atoms with E-state index in [1.165, 1.54) is 12.5 Å². The van der Waals surface area contributed by atoms with Gasteiger partial charge in [0.2, 0.25) is 5.91 Å². The zero-order valence-electron chi connectivity index (χ0n) is 13.8. The molecule has 2 saturated carbocycles. The van der Waals surface area contributed by atoms with Gasteiger partial charge in [0.25, 0.3) is 10.0 Å². The Morgan fingerprint density at radius 1 is 1.39 bits per heavy atom. The maximum atomic E-state index is 12.2. The van der Waals surface area contributed by atoms with Gasteiger partial charge in [-0.15, -0.1) is 11.3 Å². The van der Waals surface area contributed by atoms with Gasteiger partial charge in [-0.3, -0.25) is 4.79 Å². The van der Waals surface area contributed by atoms with E-state index in [1.807, 2.05) is 0 Å². The SMILES string of the molecule is CC1(C)[C@H]2CC[C@@]1(C)[C@H](NC(=O)CNS(=O)(=O)c1cccs1)C2. The van der Waals surface area contributed by atoms with Crippen molar-refractivity contribution >= 4 is 27.3 Å². The lowest BCUT2D eigenvalue weighted by Crippen LogP contribution is -2.49. The van der Waals surface area contributed by atoms with E-state index in [0.717, 1.165) is 24.2 Å². The molecule has 0 radical (unpaired) electrons. The van der Waals surface area contributed by atoms with Gasteiger partial charge in [0.1, 0.15) is 4.21 Å². The van der Waals surface area contributed by atoms with Crippen LogP contribution in [0.25, 0.3) is 0 Å². The van der Waals surface area contributed by atoms with E-state index in [0.29, 0.717) is 5.92 Å². The second-order valence-corrected chi connectivity index (χ2v) is 10.4. The predicted octanol–water partition coefficient (Wildman–Crippen LogP) is 2.36. The largest absolute Gasteiger partial charge is 0.352 e. The second-order valence-electron chi connectivity index (χ2n) is 7.49. The maximum Gasteiger partial charge on any atom is 0.250 e. The third-order valence-corrected chi connectivity index (χ3v) is 9.11. The third-order valence-electron chi connectivity index (χ3n) is 6.31. The zero-order valence-corrected chi connectivity index (χ0v) is 15.4. The average molecular weight is 357 g/mol. The van der Waals surface area contributed by atoms with Gasteiger partial charge in [-0.1, -0.05) is 26.8 Å². The number of fused-ring (bicyclic) bond motifs is 2. The van der Waals surface area contributed by atoms with Gasteiger partial charge in [-0.05, 0) is 47.5 Å². The zero-order chi connectivity index (χ0) is 16.9. The topological polar surface area (TPSA) is 75.3 Å². The molecule has 3 atom stereocenters. The van der Waals surface area contributed by atoms with Crippen molar-refractivity contribution in [2.75, 3.05) is 6.54 Å². The van der Waals surface area contributed by atoms with Crippen molar-refractivity contribution in [1.29, 1.82) is 0 Å². The summed E-state index contributed by atoms with van der Waals surface area (Å²) in [6, 6.07) is 3.34. The summed E-state index contributed by atoms with van der Waals surface area (Å²) in [6.45, 7) is 6.62. The van der Waals surface area contributed by atoms with Crippen molar-refractivity contribution in [3.63, 3.8) is 0 Å². The fourth-order valence-electron chi connectivity index (χ4n) is 4.32. The lowest BCUT2D eigenvalue weighted by atomic mass is 9.69. The number of hydrogen-bond acceptors (Lipinski definition) is 4. The number of sulfonamides is 1. The fraction of sp³-hybridized carbons (Fsp3) is 0.688. The van der Waals surface area contributed by atoms with Gasteiger partial charge in [-0.2, -0.15) is 0 Å². The lowest BCUT2D eigenvalue weighted by molar-refractivity contribution is -0.121. The fourth-order valence-corrected chi connectivity index (χ4v) is 6.34. The van der Waals surface area contributed by atoms with E-state index in [-0.39, 0.29) is 33.5 Å². The van der Waals surface area contributed by atoms with Gasteiger partial charge in [0.15, 0.2) is 0 Å². The summed E-state index contributed by atoms with van der Waals surface area (Å²) in [5.74, 6) is 0.389. The molecule has 1 heterocycles. The maximum absolute atomic E-state index is 12.2. The Hall–Kier alpha value is -0.920. The Labute approximate surface area is 141 Å². The van der Waals surface area contributed by atoms with Crippen molar-refractivity contribution in [2.45, 2.75) is 50.3 Å². The number of carbonyl (C=O) groups is 1. The van der Waals surface area contributed by atoms with E-state index in [1.54, 1.807) is 11.4 Å². The average Bonchev–Trinajstić information content (AvgIpc) is 3.12. The number of rotatable bonds is 5. The standard InChI is InChI=1S/C16H24N2O3S2/c1-15(2)11-6-7-16(15,3)12(9-11)18-13(19)10-17-23(20,21)14-5-4-8-22-14/h4-5,8,11-12,17H,6-7,9-10H2,1-3H3,(H,18,19)/t11-,12+,16-/m0/s1. The Bertz CT molecular complexity index is 697. The number of amides is 1. The molecule has 0 aliphatic heterocycles. The smallest absolute Gasteiger partial charge is 0.250 e. The predicted molar refractivity (Wildman–Crippen MR) is 90.7 cm³/mol. The highest BCUT2D eigenvalue weighted by atomic mass is 32.2. The number of nitrogens with one attached hydrogen (secondary N) is 2. The molecule has 1 aromatic heterocycles. The molecule has 1 amide bonds. The highest BCUT2D eigenvalue weighted by Gasteiger charge is 2.61. The summed E-state index contributed by atoms with van der Waals surface area (Å²) in [5, 5.41) is 4.76. The number of thiophene rings is 1. The van der Waals surface area contributed by atoms with Gasteiger partial charge >= 0.3 is 0 Å². The van der Waals surface area contributed by atoms with Crippen LogP contribution in [-0.2, 0) is 14.8 Å². The first kappa shape index (κ1) is 16.9. The van der Waals surface area contributed by atoms with Crippen LogP contribution in [0.2, 0.25) is 0 Å². The summed E-state index contributed by atoms with van der Waals surface area (Å²) < 4.78 is 26.7. The van der Waals surface area contributed by atoms with Crippen LogP contribution in [-0.4, -0.2) is 26.9 Å². The molecule has 2 fully saturated rings. The minimum atomic E-state index is -3.59. The summed E-state index contributed by atoms with van der Waals surface area (Å²) in [4.78, 5) is 12.2. The second kappa shape index (κ2) is 5.57. The van der Waals surface area contributed by atoms with E-state index in [4.69, 9.17) is 0 Å². The van der Waals surface area contributed by atoms with Crippen LogP contribution in [0.4, 0.5) is 0 Å². The third kappa shape index (κ3) is 2.72. The number of carbonyl (C=O) groups excluding carboxylic acids is 1. The summed E-state index contributed by atoms with van der Waals surface area (Å²) in [7, 11) is -3.59. The molecule has 0 saturated heterocycles. The van der Waals surface area contributed by atoms with Crippen molar-refractivity contribution in [3.05, 3.63) is 17.5 Å².